The van der Waals surface area contributed by atoms with E-state index < -0.39 is 0 Å². The smallest absolute Gasteiger partial charge is 0.251 e. The molecule has 1 aromatic rings. The van der Waals surface area contributed by atoms with Crippen LogP contribution in [-0.4, -0.2) is 30.9 Å². The molecule has 0 aliphatic carbocycles. The first-order valence-corrected chi connectivity index (χ1v) is 7.71. The summed E-state index contributed by atoms with van der Waals surface area (Å²) in [5, 5.41) is 8.95. The number of carbonyl (C=O) groups is 2. The first-order valence-electron chi connectivity index (χ1n) is 7.71. The van der Waals surface area contributed by atoms with Crippen LogP contribution in [0.2, 0.25) is 0 Å². The third-order valence-electron chi connectivity index (χ3n) is 3.72. The van der Waals surface area contributed by atoms with Crippen molar-refractivity contribution in [3.63, 3.8) is 0 Å². The van der Waals surface area contributed by atoms with E-state index in [1.807, 2.05) is 0 Å². The van der Waals surface area contributed by atoms with Crippen LogP contribution in [0.15, 0.2) is 36.9 Å². The highest BCUT2D eigenvalue weighted by molar-refractivity contribution is 5.95. The minimum absolute atomic E-state index is 0.0116. The summed E-state index contributed by atoms with van der Waals surface area (Å²) < 4.78 is 0. The van der Waals surface area contributed by atoms with Gasteiger partial charge in [-0.2, -0.15) is 0 Å². The largest absolute Gasteiger partial charge is 0.349 e. The molecule has 1 aromatic carbocycles. The maximum Gasteiger partial charge on any atom is 0.251 e. The molecule has 0 saturated carbocycles. The molecule has 22 heavy (non-hydrogen) atoms. The summed E-state index contributed by atoms with van der Waals surface area (Å²) in [7, 11) is 0. The minimum Gasteiger partial charge on any atom is -0.349 e. The number of rotatable bonds is 7. The summed E-state index contributed by atoms with van der Waals surface area (Å²) in [6.07, 6.45) is 5.36. The zero-order valence-electron chi connectivity index (χ0n) is 12.7. The van der Waals surface area contributed by atoms with Crippen LogP contribution in [-0.2, 0) is 4.79 Å². The highest BCUT2D eigenvalue weighted by Crippen LogP contribution is 2.13. The van der Waals surface area contributed by atoms with Crippen LogP contribution < -0.4 is 16.0 Å². The van der Waals surface area contributed by atoms with E-state index in [1.54, 1.807) is 30.3 Å². The van der Waals surface area contributed by atoms with Crippen LogP contribution in [0.1, 0.15) is 36.0 Å². The van der Waals surface area contributed by atoms with Crippen LogP contribution in [0.25, 0.3) is 0 Å². The maximum atomic E-state index is 11.9. The zero-order chi connectivity index (χ0) is 15.8. The number of hydrogen-bond acceptors (Lipinski definition) is 3. The summed E-state index contributed by atoms with van der Waals surface area (Å²) >= 11 is 0. The van der Waals surface area contributed by atoms with E-state index in [4.69, 9.17) is 0 Å². The maximum absolute atomic E-state index is 11.9. The molecule has 0 bridgehead atoms. The molecule has 3 N–H and O–H groups in total. The van der Waals surface area contributed by atoms with Gasteiger partial charge in [-0.3, -0.25) is 9.59 Å². The third kappa shape index (κ3) is 5.00. The summed E-state index contributed by atoms with van der Waals surface area (Å²) in [5.41, 5.74) is 1.28. The van der Waals surface area contributed by atoms with Crippen molar-refractivity contribution in [2.75, 3.05) is 18.4 Å². The lowest BCUT2D eigenvalue weighted by molar-refractivity contribution is -0.116. The first-order chi connectivity index (χ1) is 10.7. The predicted molar refractivity (Wildman–Crippen MR) is 87.9 cm³/mol. The van der Waals surface area contributed by atoms with Crippen molar-refractivity contribution in [3.8, 4) is 0 Å². The second-order valence-electron chi connectivity index (χ2n) is 5.46. The highest BCUT2D eigenvalue weighted by atomic mass is 16.2. The van der Waals surface area contributed by atoms with Crippen molar-refractivity contribution in [3.05, 3.63) is 42.5 Å². The molecule has 2 rings (SSSR count). The van der Waals surface area contributed by atoms with Gasteiger partial charge in [-0.05, 0) is 50.1 Å². The molecule has 5 nitrogen and oxygen atoms in total. The zero-order valence-corrected chi connectivity index (χ0v) is 12.7. The van der Waals surface area contributed by atoms with Gasteiger partial charge in [0.05, 0.1) is 0 Å². The Morgan fingerprint density at radius 1 is 1.32 bits per heavy atom. The van der Waals surface area contributed by atoms with Crippen LogP contribution in [0.3, 0.4) is 0 Å². The van der Waals surface area contributed by atoms with Gasteiger partial charge < -0.3 is 16.0 Å². The van der Waals surface area contributed by atoms with Crippen LogP contribution >= 0.6 is 0 Å². The van der Waals surface area contributed by atoms with Gasteiger partial charge in [0.15, 0.2) is 0 Å². The van der Waals surface area contributed by atoms with Crippen molar-refractivity contribution in [1.29, 1.82) is 0 Å². The molecule has 5 heteroatoms. The molecule has 1 heterocycles. The summed E-state index contributed by atoms with van der Waals surface area (Å²) in [6.45, 7) is 5.05. The molecule has 1 atom stereocenters. The Kier molecular flexibility index (Phi) is 6.15. The first kappa shape index (κ1) is 16.2. The fourth-order valence-electron chi connectivity index (χ4n) is 2.50. The predicted octanol–water partition coefficient (Wildman–Crippen LogP) is 2.07. The molecular weight excluding hydrogens is 278 g/mol. The average molecular weight is 301 g/mol. The number of amides is 2. The van der Waals surface area contributed by atoms with Gasteiger partial charge >= 0.3 is 0 Å². The third-order valence-corrected chi connectivity index (χ3v) is 3.72. The topological polar surface area (TPSA) is 70.2 Å². The molecular formula is C17H23N3O2. The van der Waals surface area contributed by atoms with Gasteiger partial charge in [-0.15, -0.1) is 6.58 Å². The van der Waals surface area contributed by atoms with Gasteiger partial charge in [-0.1, -0.05) is 6.08 Å². The van der Waals surface area contributed by atoms with E-state index in [0.29, 0.717) is 30.3 Å². The Hall–Kier alpha value is -2.14. The SMILES string of the molecule is C=CCNC(=O)c1ccc(NC(=O)CCC2CCCN2)cc1. The molecule has 0 radical (unpaired) electrons. The number of benzene rings is 1. The van der Waals surface area contributed by atoms with E-state index in [-0.39, 0.29) is 11.8 Å². The Morgan fingerprint density at radius 2 is 2.09 bits per heavy atom. The molecule has 0 spiro atoms. The number of nitrogens with one attached hydrogen (secondary N) is 3. The lowest BCUT2D eigenvalue weighted by Crippen LogP contribution is -2.24. The molecule has 1 aliphatic rings. The number of hydrogen-bond donors (Lipinski definition) is 3. The Morgan fingerprint density at radius 3 is 2.73 bits per heavy atom. The molecule has 1 unspecified atom stereocenters. The van der Waals surface area contributed by atoms with E-state index >= 15 is 0 Å². The average Bonchev–Trinajstić information content (AvgIpc) is 3.05. The molecule has 1 aliphatic heterocycles. The van der Waals surface area contributed by atoms with E-state index in [1.165, 1.54) is 6.42 Å². The highest BCUT2D eigenvalue weighted by Gasteiger charge is 2.15. The lowest BCUT2D eigenvalue weighted by atomic mass is 10.1. The standard InChI is InChI=1S/C17H23N3O2/c1-2-11-19-17(22)13-5-7-15(8-6-13)20-16(21)10-9-14-4-3-12-18-14/h2,5-8,14,18H,1,3-4,9-12H2,(H,19,22)(H,20,21). The van der Waals surface area contributed by atoms with Crippen molar-refractivity contribution in [2.24, 2.45) is 0 Å². The Balaban J connectivity index is 1.78. The number of anilines is 1. The summed E-state index contributed by atoms with van der Waals surface area (Å²) in [4.78, 5) is 23.6. The quantitative estimate of drug-likeness (QED) is 0.675. The lowest BCUT2D eigenvalue weighted by Gasteiger charge is -2.10. The molecule has 1 saturated heterocycles. The normalized spacial score (nSPS) is 17.0. The second-order valence-corrected chi connectivity index (χ2v) is 5.46. The van der Waals surface area contributed by atoms with E-state index in [2.05, 4.69) is 22.5 Å². The minimum atomic E-state index is -0.148. The Bertz CT molecular complexity index is 519. The number of carbonyl (C=O) groups excluding carboxylic acids is 2. The van der Waals surface area contributed by atoms with Gasteiger partial charge in [0, 0.05) is 30.3 Å². The molecule has 2 amide bonds. The van der Waals surface area contributed by atoms with Crippen molar-refractivity contribution >= 4 is 17.5 Å². The van der Waals surface area contributed by atoms with Crippen LogP contribution in [0, 0.1) is 0 Å². The fraction of sp³-hybridized carbons (Fsp3) is 0.412. The van der Waals surface area contributed by atoms with Crippen molar-refractivity contribution in [2.45, 2.75) is 31.7 Å². The van der Waals surface area contributed by atoms with Crippen LogP contribution in [0.5, 0.6) is 0 Å². The van der Waals surface area contributed by atoms with Crippen LogP contribution in [0.4, 0.5) is 5.69 Å². The van der Waals surface area contributed by atoms with E-state index in [0.717, 1.165) is 19.4 Å². The molecule has 0 aromatic heterocycles. The van der Waals surface area contributed by atoms with Crippen molar-refractivity contribution in [1.82, 2.24) is 10.6 Å². The second kappa shape index (κ2) is 8.34. The fourth-order valence-corrected chi connectivity index (χ4v) is 2.50. The van der Waals surface area contributed by atoms with Gasteiger partial charge in [-0.25, -0.2) is 0 Å². The molecule has 1 fully saturated rings. The molecule has 118 valence electrons. The monoisotopic (exact) mass is 301 g/mol. The van der Waals surface area contributed by atoms with Gasteiger partial charge in [0.1, 0.15) is 0 Å². The summed E-state index contributed by atoms with van der Waals surface area (Å²) in [6, 6.07) is 7.36. The van der Waals surface area contributed by atoms with Crippen molar-refractivity contribution < 1.29 is 9.59 Å². The summed E-state index contributed by atoms with van der Waals surface area (Å²) in [5.74, 6) is -0.136. The van der Waals surface area contributed by atoms with E-state index in [9.17, 15) is 9.59 Å². The van der Waals surface area contributed by atoms with Gasteiger partial charge in [0.2, 0.25) is 5.91 Å². The van der Waals surface area contributed by atoms with Gasteiger partial charge in [0.25, 0.3) is 5.91 Å². The Labute approximate surface area is 131 Å².